The number of halogens is 1. The molecule has 0 saturated heterocycles. The first-order chi connectivity index (χ1) is 7.04. The average molecular weight is 227 g/mol. The summed E-state index contributed by atoms with van der Waals surface area (Å²) in [4.78, 5) is 11.4. The van der Waals surface area contributed by atoms with Crippen LogP contribution >= 0.6 is 11.6 Å². The number of Topliss-reactive ketones (excluding diaryl/α,β-unsaturated/α-hetero) is 1. The molecule has 3 heteroatoms. The Bertz CT molecular complexity index is 359. The quantitative estimate of drug-likeness (QED) is 0.582. The van der Waals surface area contributed by atoms with Crippen LogP contribution in [0.4, 0.5) is 0 Å². The molecule has 0 spiro atoms. The zero-order chi connectivity index (χ0) is 11.4. The highest BCUT2D eigenvalue weighted by Crippen LogP contribution is 2.19. The molecule has 0 radical (unpaired) electrons. The van der Waals surface area contributed by atoms with Crippen molar-refractivity contribution in [2.24, 2.45) is 0 Å². The number of hydrogen-bond donors (Lipinski definition) is 0. The largest absolute Gasteiger partial charge is 0.491 e. The molecule has 0 aliphatic carbocycles. The summed E-state index contributed by atoms with van der Waals surface area (Å²) >= 11 is 5.50. The van der Waals surface area contributed by atoms with Crippen LogP contribution in [0.1, 0.15) is 29.8 Å². The van der Waals surface area contributed by atoms with Gasteiger partial charge in [0.15, 0.2) is 5.78 Å². The molecular weight excluding hydrogens is 212 g/mol. The van der Waals surface area contributed by atoms with Crippen LogP contribution in [0.3, 0.4) is 0 Å². The van der Waals surface area contributed by atoms with Crippen LogP contribution in [0, 0.1) is 6.92 Å². The van der Waals surface area contributed by atoms with E-state index in [9.17, 15) is 4.79 Å². The first-order valence-electron chi connectivity index (χ1n) is 4.91. The maximum atomic E-state index is 11.4. The SMILES string of the molecule is Cc1cc(OC(C)C)ccc1C(=O)CCl. The first-order valence-corrected chi connectivity index (χ1v) is 5.44. The Labute approximate surface area is 95.2 Å². The van der Waals surface area contributed by atoms with Crippen LogP contribution in [0.15, 0.2) is 18.2 Å². The van der Waals surface area contributed by atoms with Gasteiger partial charge in [-0.3, -0.25) is 4.79 Å². The van der Waals surface area contributed by atoms with Crippen molar-refractivity contribution >= 4 is 17.4 Å². The van der Waals surface area contributed by atoms with Gasteiger partial charge in [-0.15, -0.1) is 11.6 Å². The lowest BCUT2D eigenvalue weighted by atomic mass is 10.1. The third-order valence-electron chi connectivity index (χ3n) is 1.99. The number of carbonyl (C=O) groups is 1. The van der Waals surface area contributed by atoms with E-state index in [0.29, 0.717) is 5.56 Å². The fourth-order valence-corrected chi connectivity index (χ4v) is 1.51. The monoisotopic (exact) mass is 226 g/mol. The van der Waals surface area contributed by atoms with Crippen LogP contribution in [-0.4, -0.2) is 17.8 Å². The number of carbonyl (C=O) groups excluding carboxylic acids is 1. The number of rotatable bonds is 4. The first kappa shape index (κ1) is 12.1. The number of hydrogen-bond acceptors (Lipinski definition) is 2. The molecule has 0 amide bonds. The predicted octanol–water partition coefficient (Wildman–Crippen LogP) is 3.20. The molecule has 1 rings (SSSR count). The summed E-state index contributed by atoms with van der Waals surface area (Å²) in [6.07, 6.45) is 0.138. The molecule has 0 N–H and O–H groups in total. The van der Waals surface area contributed by atoms with E-state index >= 15 is 0 Å². The molecule has 0 bridgehead atoms. The van der Waals surface area contributed by atoms with E-state index in [1.807, 2.05) is 26.8 Å². The molecule has 0 aliphatic rings. The summed E-state index contributed by atoms with van der Waals surface area (Å²) < 4.78 is 5.52. The number of ether oxygens (including phenoxy) is 1. The summed E-state index contributed by atoms with van der Waals surface area (Å²) in [6.45, 7) is 5.81. The van der Waals surface area contributed by atoms with Crippen LogP contribution < -0.4 is 4.74 Å². The summed E-state index contributed by atoms with van der Waals surface area (Å²) in [5, 5.41) is 0. The lowest BCUT2D eigenvalue weighted by molar-refractivity contribution is 0.102. The van der Waals surface area contributed by atoms with Gasteiger partial charge in [0.2, 0.25) is 0 Å². The van der Waals surface area contributed by atoms with Crippen molar-refractivity contribution in [2.75, 3.05) is 5.88 Å². The van der Waals surface area contributed by atoms with Gasteiger partial charge in [-0.2, -0.15) is 0 Å². The van der Waals surface area contributed by atoms with Gasteiger partial charge < -0.3 is 4.74 Å². The van der Waals surface area contributed by atoms with Gasteiger partial charge in [-0.25, -0.2) is 0 Å². The van der Waals surface area contributed by atoms with E-state index in [1.54, 1.807) is 12.1 Å². The van der Waals surface area contributed by atoms with Gasteiger partial charge in [-0.05, 0) is 44.5 Å². The number of aryl methyl sites for hydroxylation is 1. The van der Waals surface area contributed by atoms with E-state index in [1.165, 1.54) is 0 Å². The minimum Gasteiger partial charge on any atom is -0.491 e. The van der Waals surface area contributed by atoms with Gasteiger partial charge in [0.25, 0.3) is 0 Å². The van der Waals surface area contributed by atoms with Crippen molar-refractivity contribution in [2.45, 2.75) is 26.9 Å². The van der Waals surface area contributed by atoms with Gasteiger partial charge in [0.05, 0.1) is 12.0 Å². The summed E-state index contributed by atoms with van der Waals surface area (Å²) in [6, 6.07) is 5.42. The molecule has 82 valence electrons. The van der Waals surface area contributed by atoms with E-state index in [4.69, 9.17) is 16.3 Å². The van der Waals surface area contributed by atoms with Crippen LogP contribution in [0.2, 0.25) is 0 Å². The van der Waals surface area contributed by atoms with E-state index in [-0.39, 0.29) is 17.8 Å². The van der Waals surface area contributed by atoms with Crippen molar-refractivity contribution in [3.63, 3.8) is 0 Å². The van der Waals surface area contributed by atoms with Crippen molar-refractivity contribution in [3.05, 3.63) is 29.3 Å². The summed E-state index contributed by atoms with van der Waals surface area (Å²) in [7, 11) is 0. The average Bonchev–Trinajstić information content (AvgIpc) is 2.16. The minimum atomic E-state index is -0.0507. The van der Waals surface area contributed by atoms with Gasteiger partial charge in [0.1, 0.15) is 5.75 Å². The Morgan fingerprint density at radius 2 is 2.13 bits per heavy atom. The number of benzene rings is 1. The number of alkyl halides is 1. The van der Waals surface area contributed by atoms with Crippen molar-refractivity contribution < 1.29 is 9.53 Å². The van der Waals surface area contributed by atoms with Crippen molar-refractivity contribution in [1.82, 2.24) is 0 Å². The zero-order valence-electron chi connectivity index (χ0n) is 9.21. The van der Waals surface area contributed by atoms with Gasteiger partial charge in [0, 0.05) is 5.56 Å². The molecule has 1 aromatic rings. The Morgan fingerprint density at radius 3 is 2.60 bits per heavy atom. The van der Waals surface area contributed by atoms with Crippen molar-refractivity contribution in [3.8, 4) is 5.75 Å². The summed E-state index contributed by atoms with van der Waals surface area (Å²) in [5.74, 6) is 0.754. The highest BCUT2D eigenvalue weighted by atomic mass is 35.5. The molecule has 0 unspecified atom stereocenters. The van der Waals surface area contributed by atoms with Crippen LogP contribution in [-0.2, 0) is 0 Å². The molecule has 0 aromatic heterocycles. The molecule has 1 aromatic carbocycles. The molecule has 0 fully saturated rings. The third-order valence-corrected chi connectivity index (χ3v) is 2.23. The van der Waals surface area contributed by atoms with Crippen molar-refractivity contribution in [1.29, 1.82) is 0 Å². The Balaban J connectivity index is 2.93. The normalized spacial score (nSPS) is 10.5. The zero-order valence-corrected chi connectivity index (χ0v) is 9.97. The smallest absolute Gasteiger partial charge is 0.177 e. The molecule has 15 heavy (non-hydrogen) atoms. The lowest BCUT2D eigenvalue weighted by Crippen LogP contribution is -2.07. The fraction of sp³-hybridized carbons (Fsp3) is 0.417. The summed E-state index contributed by atoms with van der Waals surface area (Å²) in [5.41, 5.74) is 1.57. The van der Waals surface area contributed by atoms with Gasteiger partial charge >= 0.3 is 0 Å². The lowest BCUT2D eigenvalue weighted by Gasteiger charge is -2.11. The second-order valence-corrected chi connectivity index (χ2v) is 3.97. The van der Waals surface area contributed by atoms with E-state index < -0.39 is 0 Å². The Morgan fingerprint density at radius 1 is 1.47 bits per heavy atom. The molecule has 0 heterocycles. The second-order valence-electron chi connectivity index (χ2n) is 3.70. The highest BCUT2D eigenvalue weighted by molar-refractivity contribution is 6.30. The Kier molecular flexibility index (Phi) is 4.15. The second kappa shape index (κ2) is 5.17. The maximum Gasteiger partial charge on any atom is 0.177 e. The molecular formula is C12H15ClO2. The minimum absolute atomic E-state index is 0.0191. The molecule has 0 aliphatic heterocycles. The van der Waals surface area contributed by atoms with Crippen LogP contribution in [0.25, 0.3) is 0 Å². The molecule has 0 atom stereocenters. The maximum absolute atomic E-state index is 11.4. The number of ketones is 1. The fourth-order valence-electron chi connectivity index (χ4n) is 1.37. The standard InChI is InChI=1S/C12H15ClO2/c1-8(2)15-10-4-5-11(9(3)6-10)12(14)7-13/h4-6,8H,7H2,1-3H3. The van der Waals surface area contributed by atoms with Crippen LogP contribution in [0.5, 0.6) is 5.75 Å². The van der Waals surface area contributed by atoms with Gasteiger partial charge in [-0.1, -0.05) is 0 Å². The van der Waals surface area contributed by atoms with E-state index in [0.717, 1.165) is 11.3 Å². The Hall–Kier alpha value is -1.02. The predicted molar refractivity (Wildman–Crippen MR) is 62.0 cm³/mol. The molecule has 0 saturated carbocycles. The highest BCUT2D eigenvalue weighted by Gasteiger charge is 2.08. The molecule has 2 nitrogen and oxygen atoms in total. The van der Waals surface area contributed by atoms with E-state index in [2.05, 4.69) is 0 Å². The topological polar surface area (TPSA) is 26.3 Å². The third kappa shape index (κ3) is 3.24.